The molecule has 2 aromatic rings. The zero-order valence-corrected chi connectivity index (χ0v) is 18.6. The van der Waals surface area contributed by atoms with Crippen LogP contribution in [0, 0.1) is 12.8 Å². The maximum atomic E-state index is 13.1. The van der Waals surface area contributed by atoms with Crippen molar-refractivity contribution in [3.8, 4) is 5.75 Å². The molecular formula is C20H26ClN3O4S. The molecule has 0 radical (unpaired) electrons. The molecule has 0 atom stereocenters. The monoisotopic (exact) mass is 439 g/mol. The Labute approximate surface area is 176 Å². The Balaban J connectivity index is 1.92. The minimum absolute atomic E-state index is 0.0516. The van der Waals surface area contributed by atoms with E-state index in [4.69, 9.17) is 16.3 Å². The molecule has 0 spiro atoms. The fourth-order valence-electron chi connectivity index (χ4n) is 3.48. The van der Waals surface area contributed by atoms with Gasteiger partial charge in [0.2, 0.25) is 0 Å². The lowest BCUT2D eigenvalue weighted by Crippen LogP contribution is -2.38. The number of methoxy groups -OCH3 is 1. The molecule has 7 nitrogen and oxygen atoms in total. The molecule has 0 bridgehead atoms. The second kappa shape index (κ2) is 8.28. The first-order valence-electron chi connectivity index (χ1n) is 9.46. The smallest absolute Gasteiger partial charge is 0.270 e. The average Bonchev–Trinajstić information content (AvgIpc) is 2.97. The first kappa shape index (κ1) is 21.5. The van der Waals surface area contributed by atoms with Gasteiger partial charge in [-0.15, -0.1) is 0 Å². The van der Waals surface area contributed by atoms with Crippen LogP contribution < -0.4 is 9.46 Å². The van der Waals surface area contributed by atoms with Gasteiger partial charge in [0, 0.05) is 30.9 Å². The highest BCUT2D eigenvalue weighted by Crippen LogP contribution is 2.31. The number of nitrogens with zero attached hydrogens (tertiary/aromatic N) is 2. The highest BCUT2D eigenvalue weighted by atomic mass is 35.5. The second-order valence-electron chi connectivity index (χ2n) is 7.46. The molecule has 1 aromatic heterocycles. The lowest BCUT2D eigenvalue weighted by molar-refractivity contribution is 0.0687. The maximum Gasteiger partial charge on any atom is 0.270 e. The van der Waals surface area contributed by atoms with Gasteiger partial charge in [0.05, 0.1) is 12.8 Å². The fourth-order valence-corrected chi connectivity index (χ4v) is 5.01. The van der Waals surface area contributed by atoms with E-state index in [0.29, 0.717) is 41.2 Å². The second-order valence-corrected chi connectivity index (χ2v) is 9.55. The first-order chi connectivity index (χ1) is 13.6. The van der Waals surface area contributed by atoms with Gasteiger partial charge < -0.3 is 14.2 Å². The number of nitrogens with one attached hydrogen (secondary N) is 1. The van der Waals surface area contributed by atoms with Gasteiger partial charge in [0.25, 0.3) is 15.9 Å². The van der Waals surface area contributed by atoms with Crippen molar-refractivity contribution in [1.82, 2.24) is 9.47 Å². The summed E-state index contributed by atoms with van der Waals surface area (Å²) in [4.78, 5) is 14.8. The number of likely N-dealkylation sites (tertiary alicyclic amines) is 1. The van der Waals surface area contributed by atoms with E-state index in [1.807, 2.05) is 0 Å². The van der Waals surface area contributed by atoms with Crippen LogP contribution in [-0.2, 0) is 17.1 Å². The van der Waals surface area contributed by atoms with E-state index in [1.165, 1.54) is 19.2 Å². The van der Waals surface area contributed by atoms with Gasteiger partial charge in [-0.05, 0) is 49.9 Å². The number of amides is 1. The standard InChI is InChI=1S/C20H26ClN3O4S/c1-13-7-9-24(10-8-13)20(25)17-12-19(14(2)23(17)3)29(26,27)22-16-11-15(21)5-6-18(16)28-4/h5-6,11-13,22H,7-10H2,1-4H3. The number of ether oxygens (including phenoxy) is 1. The number of rotatable bonds is 5. The zero-order valence-electron chi connectivity index (χ0n) is 17.0. The van der Waals surface area contributed by atoms with E-state index in [2.05, 4.69) is 11.6 Å². The van der Waals surface area contributed by atoms with Crippen LogP contribution in [0.15, 0.2) is 29.2 Å². The average molecular weight is 440 g/mol. The summed E-state index contributed by atoms with van der Waals surface area (Å²) in [5.41, 5.74) is 1.07. The Morgan fingerprint density at radius 1 is 1.24 bits per heavy atom. The van der Waals surface area contributed by atoms with E-state index < -0.39 is 10.0 Å². The predicted octanol–water partition coefficient (Wildman–Crippen LogP) is 3.67. The number of sulfonamides is 1. The Kier molecular flexibility index (Phi) is 6.14. The van der Waals surface area contributed by atoms with Gasteiger partial charge in [-0.1, -0.05) is 18.5 Å². The fraction of sp³-hybridized carbons (Fsp3) is 0.450. The van der Waals surface area contributed by atoms with Crippen molar-refractivity contribution >= 4 is 33.2 Å². The van der Waals surface area contributed by atoms with Gasteiger partial charge in [-0.3, -0.25) is 9.52 Å². The third-order valence-electron chi connectivity index (χ3n) is 5.47. The first-order valence-corrected chi connectivity index (χ1v) is 11.3. The maximum absolute atomic E-state index is 13.1. The molecule has 1 aromatic carbocycles. The number of hydrogen-bond donors (Lipinski definition) is 1. The third kappa shape index (κ3) is 4.38. The van der Waals surface area contributed by atoms with Crippen molar-refractivity contribution in [2.45, 2.75) is 31.6 Å². The van der Waals surface area contributed by atoms with E-state index in [-0.39, 0.29) is 16.5 Å². The molecule has 29 heavy (non-hydrogen) atoms. The van der Waals surface area contributed by atoms with Gasteiger partial charge >= 0.3 is 0 Å². The number of benzene rings is 1. The Morgan fingerprint density at radius 3 is 2.52 bits per heavy atom. The van der Waals surface area contributed by atoms with Crippen LogP contribution in [0.3, 0.4) is 0 Å². The topological polar surface area (TPSA) is 80.6 Å². The molecule has 1 aliphatic rings. The van der Waals surface area contributed by atoms with Crippen LogP contribution in [0.1, 0.15) is 35.9 Å². The summed E-state index contributed by atoms with van der Waals surface area (Å²) in [6, 6.07) is 6.12. The predicted molar refractivity (Wildman–Crippen MR) is 113 cm³/mol. The van der Waals surface area contributed by atoms with Gasteiger partial charge in [-0.25, -0.2) is 8.42 Å². The molecular weight excluding hydrogens is 414 g/mol. The molecule has 1 N–H and O–H groups in total. The SMILES string of the molecule is COc1ccc(Cl)cc1NS(=O)(=O)c1cc(C(=O)N2CCC(C)CC2)n(C)c1C. The zero-order chi connectivity index (χ0) is 21.3. The summed E-state index contributed by atoms with van der Waals surface area (Å²) in [6.07, 6.45) is 1.91. The van der Waals surface area contributed by atoms with Crippen LogP contribution in [0.4, 0.5) is 5.69 Å². The van der Waals surface area contributed by atoms with Crippen molar-refractivity contribution in [2.24, 2.45) is 13.0 Å². The van der Waals surface area contributed by atoms with Crippen molar-refractivity contribution in [3.05, 3.63) is 40.7 Å². The number of carbonyl (C=O) groups is 1. The van der Waals surface area contributed by atoms with Gasteiger partial charge in [0.15, 0.2) is 0 Å². The van der Waals surface area contributed by atoms with Crippen LogP contribution >= 0.6 is 11.6 Å². The summed E-state index contributed by atoms with van der Waals surface area (Å²) in [7, 11) is -0.796. The third-order valence-corrected chi connectivity index (χ3v) is 7.19. The van der Waals surface area contributed by atoms with Crippen LogP contribution in [0.2, 0.25) is 5.02 Å². The molecule has 1 saturated heterocycles. The largest absolute Gasteiger partial charge is 0.495 e. The normalized spacial score (nSPS) is 15.4. The molecule has 158 valence electrons. The summed E-state index contributed by atoms with van der Waals surface area (Å²) >= 11 is 6.00. The number of piperidine rings is 1. The number of carbonyl (C=O) groups excluding carboxylic acids is 1. The Bertz CT molecular complexity index is 1020. The quantitative estimate of drug-likeness (QED) is 0.770. The van der Waals surface area contributed by atoms with Gasteiger partial charge in [-0.2, -0.15) is 0 Å². The van der Waals surface area contributed by atoms with Crippen LogP contribution in [0.25, 0.3) is 0 Å². The van der Waals surface area contributed by atoms with E-state index in [0.717, 1.165) is 12.8 Å². The summed E-state index contributed by atoms with van der Waals surface area (Å²) in [5.74, 6) is 0.802. The molecule has 2 heterocycles. The Morgan fingerprint density at radius 2 is 1.90 bits per heavy atom. The minimum Gasteiger partial charge on any atom is -0.495 e. The highest BCUT2D eigenvalue weighted by molar-refractivity contribution is 7.92. The highest BCUT2D eigenvalue weighted by Gasteiger charge is 2.29. The number of halogens is 1. The Hall–Kier alpha value is -2.19. The molecule has 0 aliphatic carbocycles. The van der Waals surface area contributed by atoms with Crippen LogP contribution in [-0.4, -0.2) is 44.0 Å². The van der Waals surface area contributed by atoms with Crippen molar-refractivity contribution in [1.29, 1.82) is 0 Å². The molecule has 1 aliphatic heterocycles. The number of aromatic nitrogens is 1. The lowest BCUT2D eigenvalue weighted by Gasteiger charge is -2.30. The minimum atomic E-state index is -3.95. The molecule has 9 heteroatoms. The van der Waals surface area contributed by atoms with E-state index in [9.17, 15) is 13.2 Å². The van der Waals surface area contributed by atoms with Crippen molar-refractivity contribution in [3.63, 3.8) is 0 Å². The summed E-state index contributed by atoms with van der Waals surface area (Å²) in [5, 5.41) is 0.378. The molecule has 1 amide bonds. The van der Waals surface area contributed by atoms with Crippen molar-refractivity contribution < 1.29 is 17.9 Å². The van der Waals surface area contributed by atoms with Gasteiger partial charge in [0.1, 0.15) is 16.3 Å². The summed E-state index contributed by atoms with van der Waals surface area (Å²) < 4.78 is 35.5. The van der Waals surface area contributed by atoms with E-state index in [1.54, 1.807) is 35.6 Å². The lowest BCUT2D eigenvalue weighted by atomic mass is 9.99. The molecule has 0 saturated carbocycles. The molecule has 0 unspecified atom stereocenters. The number of anilines is 1. The summed E-state index contributed by atoms with van der Waals surface area (Å²) in [6.45, 7) is 5.22. The number of hydrogen-bond acceptors (Lipinski definition) is 4. The van der Waals surface area contributed by atoms with Crippen molar-refractivity contribution in [2.75, 3.05) is 24.9 Å². The molecule has 1 fully saturated rings. The van der Waals surface area contributed by atoms with E-state index >= 15 is 0 Å². The van der Waals surface area contributed by atoms with Crippen LogP contribution in [0.5, 0.6) is 5.75 Å². The molecule has 3 rings (SSSR count).